The number of rotatable bonds is 4. The van der Waals surface area contributed by atoms with Crippen LogP contribution in [0.1, 0.15) is 12.5 Å². The maximum atomic E-state index is 12.4. The fourth-order valence-electron chi connectivity index (χ4n) is 3.41. The molecule has 0 atom stereocenters. The van der Waals surface area contributed by atoms with Crippen LogP contribution in [-0.2, 0) is 11.3 Å². The average molecular weight is 386 g/mol. The van der Waals surface area contributed by atoms with E-state index in [2.05, 4.69) is 4.98 Å². The minimum Gasteiger partial charge on any atom is -0.454 e. The summed E-state index contributed by atoms with van der Waals surface area (Å²) in [4.78, 5) is 18.7. The molecule has 0 radical (unpaired) electrons. The molecule has 0 bridgehead atoms. The lowest BCUT2D eigenvalue weighted by Gasteiger charge is -2.22. The molecule has 0 aliphatic carbocycles. The number of anilines is 1. The van der Waals surface area contributed by atoms with E-state index in [1.165, 1.54) is 0 Å². The SMILES string of the molecule is CC(=O)N(Cc1ccc2c(c1)OCO2)c1cccc(-c2nc3ccccc3o2)c1. The van der Waals surface area contributed by atoms with Gasteiger partial charge in [0.25, 0.3) is 0 Å². The minimum atomic E-state index is -0.0580. The molecule has 5 rings (SSSR count). The molecular weight excluding hydrogens is 368 g/mol. The number of para-hydroxylation sites is 2. The van der Waals surface area contributed by atoms with Crippen LogP contribution < -0.4 is 14.4 Å². The Hall–Kier alpha value is -3.80. The molecule has 0 spiro atoms. The lowest BCUT2D eigenvalue weighted by molar-refractivity contribution is -0.116. The van der Waals surface area contributed by atoms with Crippen LogP contribution in [0.5, 0.6) is 11.5 Å². The van der Waals surface area contributed by atoms with E-state index in [1.807, 2.05) is 66.7 Å². The molecule has 0 saturated carbocycles. The molecule has 1 aliphatic rings. The van der Waals surface area contributed by atoms with Crippen molar-refractivity contribution in [3.63, 3.8) is 0 Å². The van der Waals surface area contributed by atoms with Crippen LogP contribution in [0.2, 0.25) is 0 Å². The molecular formula is C23H18N2O4. The molecule has 1 amide bonds. The van der Waals surface area contributed by atoms with Gasteiger partial charge in [0, 0.05) is 18.2 Å². The second-order valence-corrected chi connectivity index (χ2v) is 6.83. The summed E-state index contributed by atoms with van der Waals surface area (Å²) in [5.41, 5.74) is 4.08. The Morgan fingerprint density at radius 2 is 1.86 bits per heavy atom. The lowest BCUT2D eigenvalue weighted by atomic mass is 10.1. The van der Waals surface area contributed by atoms with Crippen molar-refractivity contribution < 1.29 is 18.7 Å². The Morgan fingerprint density at radius 3 is 2.72 bits per heavy atom. The summed E-state index contributed by atoms with van der Waals surface area (Å²) in [7, 11) is 0. The molecule has 29 heavy (non-hydrogen) atoms. The first-order valence-corrected chi connectivity index (χ1v) is 9.30. The Bertz CT molecular complexity index is 1180. The Kier molecular flexibility index (Phi) is 4.17. The highest BCUT2D eigenvalue weighted by molar-refractivity contribution is 5.92. The van der Waals surface area contributed by atoms with Crippen LogP contribution in [0, 0.1) is 0 Å². The van der Waals surface area contributed by atoms with Gasteiger partial charge in [0.05, 0.1) is 6.54 Å². The fourth-order valence-corrected chi connectivity index (χ4v) is 3.41. The van der Waals surface area contributed by atoms with Crippen LogP contribution in [0.15, 0.2) is 71.1 Å². The van der Waals surface area contributed by atoms with Gasteiger partial charge >= 0.3 is 0 Å². The minimum absolute atomic E-state index is 0.0580. The quantitative estimate of drug-likeness (QED) is 0.505. The second-order valence-electron chi connectivity index (χ2n) is 6.83. The maximum Gasteiger partial charge on any atom is 0.231 e. The lowest BCUT2D eigenvalue weighted by Crippen LogP contribution is -2.27. The van der Waals surface area contributed by atoms with Crippen LogP contribution >= 0.6 is 0 Å². The molecule has 0 saturated heterocycles. The number of hydrogen-bond acceptors (Lipinski definition) is 5. The number of benzene rings is 3. The van der Waals surface area contributed by atoms with Crippen LogP contribution in [-0.4, -0.2) is 17.7 Å². The third-order valence-corrected chi connectivity index (χ3v) is 4.86. The number of fused-ring (bicyclic) bond motifs is 2. The summed E-state index contributed by atoms with van der Waals surface area (Å²) in [5, 5.41) is 0. The summed E-state index contributed by atoms with van der Waals surface area (Å²) in [6.45, 7) is 2.20. The zero-order chi connectivity index (χ0) is 19.8. The van der Waals surface area contributed by atoms with Crippen molar-refractivity contribution in [3.8, 4) is 23.0 Å². The van der Waals surface area contributed by atoms with Crippen molar-refractivity contribution in [2.45, 2.75) is 13.5 Å². The van der Waals surface area contributed by atoms with E-state index in [1.54, 1.807) is 11.8 Å². The largest absolute Gasteiger partial charge is 0.454 e. The van der Waals surface area contributed by atoms with E-state index in [4.69, 9.17) is 13.9 Å². The Labute approximate surface area is 167 Å². The molecule has 0 fully saturated rings. The van der Waals surface area contributed by atoms with Crippen LogP contribution in [0.25, 0.3) is 22.6 Å². The highest BCUT2D eigenvalue weighted by atomic mass is 16.7. The highest BCUT2D eigenvalue weighted by Gasteiger charge is 2.18. The molecule has 3 aromatic carbocycles. The fraction of sp³-hybridized carbons (Fsp3) is 0.130. The monoisotopic (exact) mass is 386 g/mol. The summed E-state index contributed by atoms with van der Waals surface area (Å²) in [6, 6.07) is 21.0. The maximum absolute atomic E-state index is 12.4. The van der Waals surface area contributed by atoms with E-state index in [-0.39, 0.29) is 12.7 Å². The zero-order valence-electron chi connectivity index (χ0n) is 15.8. The first kappa shape index (κ1) is 17.3. The normalized spacial score (nSPS) is 12.3. The predicted molar refractivity (Wildman–Crippen MR) is 109 cm³/mol. The number of aromatic nitrogens is 1. The van der Waals surface area contributed by atoms with E-state index in [9.17, 15) is 4.79 Å². The van der Waals surface area contributed by atoms with Crippen LogP contribution in [0.4, 0.5) is 5.69 Å². The van der Waals surface area contributed by atoms with Crippen molar-refractivity contribution in [3.05, 3.63) is 72.3 Å². The molecule has 0 N–H and O–H groups in total. The van der Waals surface area contributed by atoms with Crippen molar-refractivity contribution in [2.75, 3.05) is 11.7 Å². The first-order valence-electron chi connectivity index (χ1n) is 9.30. The number of hydrogen-bond donors (Lipinski definition) is 0. The van der Waals surface area contributed by atoms with Crippen molar-refractivity contribution in [1.29, 1.82) is 0 Å². The molecule has 6 heteroatoms. The van der Waals surface area contributed by atoms with Gasteiger partial charge in [-0.05, 0) is 48.0 Å². The van der Waals surface area contributed by atoms with Crippen molar-refractivity contribution in [2.24, 2.45) is 0 Å². The molecule has 1 aromatic heterocycles. The smallest absolute Gasteiger partial charge is 0.231 e. The topological polar surface area (TPSA) is 64.8 Å². The number of ether oxygens (including phenoxy) is 2. The Morgan fingerprint density at radius 1 is 1.00 bits per heavy atom. The summed E-state index contributed by atoms with van der Waals surface area (Å²) < 4.78 is 16.7. The third-order valence-electron chi connectivity index (χ3n) is 4.86. The van der Waals surface area contributed by atoms with Gasteiger partial charge in [0.1, 0.15) is 5.52 Å². The van der Waals surface area contributed by atoms with Gasteiger partial charge in [-0.25, -0.2) is 4.98 Å². The van der Waals surface area contributed by atoms with Gasteiger partial charge in [-0.2, -0.15) is 0 Å². The summed E-state index contributed by atoms with van der Waals surface area (Å²) in [5.74, 6) is 1.89. The average Bonchev–Trinajstić information content (AvgIpc) is 3.38. The zero-order valence-corrected chi connectivity index (χ0v) is 15.8. The molecule has 6 nitrogen and oxygen atoms in total. The Balaban J connectivity index is 1.47. The number of carbonyl (C=O) groups is 1. The van der Waals surface area contributed by atoms with Crippen molar-refractivity contribution >= 4 is 22.7 Å². The molecule has 2 heterocycles. The number of carbonyl (C=O) groups excluding carboxylic acids is 1. The van der Waals surface area contributed by atoms with Gasteiger partial charge in [-0.3, -0.25) is 4.79 Å². The number of oxazole rings is 1. The third kappa shape index (κ3) is 3.29. The summed E-state index contributed by atoms with van der Waals surface area (Å²) >= 11 is 0. The van der Waals surface area contributed by atoms with Crippen LogP contribution in [0.3, 0.4) is 0 Å². The van der Waals surface area contributed by atoms with Gasteiger partial charge in [0.15, 0.2) is 17.1 Å². The highest BCUT2D eigenvalue weighted by Crippen LogP contribution is 2.34. The standard InChI is InChI=1S/C23H18N2O4/c1-15(26)25(13-16-9-10-21-22(11-16)28-14-27-21)18-6-4-5-17(12-18)23-24-19-7-2-3-8-20(19)29-23/h2-12H,13-14H2,1H3. The van der Waals surface area contributed by atoms with Crippen molar-refractivity contribution in [1.82, 2.24) is 4.98 Å². The molecule has 0 unspecified atom stereocenters. The number of nitrogens with zero attached hydrogens (tertiary/aromatic N) is 2. The van der Waals surface area contributed by atoms with E-state index in [0.29, 0.717) is 18.2 Å². The molecule has 1 aliphatic heterocycles. The van der Waals surface area contributed by atoms with E-state index < -0.39 is 0 Å². The summed E-state index contributed by atoms with van der Waals surface area (Å²) in [6.07, 6.45) is 0. The van der Waals surface area contributed by atoms with Gasteiger partial charge in [-0.15, -0.1) is 0 Å². The molecule has 4 aromatic rings. The second kappa shape index (κ2) is 6.98. The van der Waals surface area contributed by atoms with E-state index in [0.717, 1.165) is 33.7 Å². The van der Waals surface area contributed by atoms with Gasteiger partial charge < -0.3 is 18.8 Å². The predicted octanol–water partition coefficient (Wildman–Crippen LogP) is 4.78. The first-order chi connectivity index (χ1) is 14.2. The van der Waals surface area contributed by atoms with Gasteiger partial charge in [-0.1, -0.05) is 24.3 Å². The number of amides is 1. The molecule has 144 valence electrons. The van der Waals surface area contributed by atoms with E-state index >= 15 is 0 Å². The van der Waals surface area contributed by atoms with Gasteiger partial charge in [0.2, 0.25) is 18.6 Å².